The standard InChI is InChI=1S/C13H24N4/c1-3-9-17-10-15-16-12(17)13(14)7-5-11(4-2)6-8-13/h10-11H,3-9,14H2,1-2H3. The first-order valence-electron chi connectivity index (χ1n) is 6.86. The van der Waals surface area contributed by atoms with E-state index in [1.54, 1.807) is 0 Å². The van der Waals surface area contributed by atoms with Gasteiger partial charge >= 0.3 is 0 Å². The number of rotatable bonds is 4. The van der Waals surface area contributed by atoms with Gasteiger partial charge in [-0.15, -0.1) is 10.2 Å². The van der Waals surface area contributed by atoms with Crippen LogP contribution in [0.1, 0.15) is 58.2 Å². The lowest BCUT2D eigenvalue weighted by atomic mass is 9.75. The van der Waals surface area contributed by atoms with E-state index >= 15 is 0 Å². The van der Waals surface area contributed by atoms with Gasteiger partial charge in [0, 0.05) is 6.54 Å². The second kappa shape index (κ2) is 5.17. The fourth-order valence-electron chi connectivity index (χ4n) is 2.87. The van der Waals surface area contributed by atoms with Crippen LogP contribution in [0.15, 0.2) is 6.33 Å². The van der Waals surface area contributed by atoms with Gasteiger partial charge < -0.3 is 10.3 Å². The van der Waals surface area contributed by atoms with Crippen LogP contribution >= 0.6 is 0 Å². The van der Waals surface area contributed by atoms with E-state index in [2.05, 4.69) is 28.6 Å². The molecule has 2 N–H and O–H groups in total. The van der Waals surface area contributed by atoms with Crippen molar-refractivity contribution in [3.8, 4) is 0 Å². The Bertz CT molecular complexity index is 350. The summed E-state index contributed by atoms with van der Waals surface area (Å²) in [6, 6.07) is 0. The van der Waals surface area contributed by atoms with Gasteiger partial charge in [0.1, 0.15) is 6.33 Å². The Morgan fingerprint density at radius 2 is 2.12 bits per heavy atom. The molecule has 1 aromatic rings. The minimum absolute atomic E-state index is 0.239. The van der Waals surface area contributed by atoms with Crippen molar-refractivity contribution in [1.29, 1.82) is 0 Å². The third-order valence-corrected chi connectivity index (χ3v) is 4.10. The molecule has 0 bridgehead atoms. The molecule has 1 aliphatic rings. The van der Waals surface area contributed by atoms with Crippen molar-refractivity contribution in [2.24, 2.45) is 11.7 Å². The Labute approximate surface area is 104 Å². The first kappa shape index (κ1) is 12.6. The van der Waals surface area contributed by atoms with E-state index in [4.69, 9.17) is 5.73 Å². The maximum absolute atomic E-state index is 6.55. The molecule has 96 valence electrons. The van der Waals surface area contributed by atoms with Crippen molar-refractivity contribution in [1.82, 2.24) is 14.8 Å². The molecule has 0 aromatic carbocycles. The lowest BCUT2D eigenvalue weighted by Crippen LogP contribution is -2.42. The Kier molecular flexibility index (Phi) is 3.82. The zero-order valence-corrected chi connectivity index (χ0v) is 11.0. The minimum atomic E-state index is -0.239. The fraction of sp³-hybridized carbons (Fsp3) is 0.846. The number of aryl methyl sites for hydroxylation is 1. The van der Waals surface area contributed by atoms with E-state index in [9.17, 15) is 0 Å². The smallest absolute Gasteiger partial charge is 0.152 e. The molecule has 1 fully saturated rings. The molecule has 0 amide bonds. The summed E-state index contributed by atoms with van der Waals surface area (Å²) < 4.78 is 2.13. The average molecular weight is 236 g/mol. The maximum atomic E-state index is 6.55. The highest BCUT2D eigenvalue weighted by Gasteiger charge is 2.36. The summed E-state index contributed by atoms with van der Waals surface area (Å²) in [6.45, 7) is 5.41. The van der Waals surface area contributed by atoms with Crippen LogP contribution in [-0.2, 0) is 12.1 Å². The lowest BCUT2D eigenvalue weighted by molar-refractivity contribution is 0.216. The van der Waals surface area contributed by atoms with Crippen LogP contribution in [0.3, 0.4) is 0 Å². The molecule has 0 atom stereocenters. The van der Waals surface area contributed by atoms with E-state index in [0.717, 1.165) is 37.5 Å². The Hall–Kier alpha value is -0.900. The normalized spacial score (nSPS) is 29.5. The molecular formula is C13H24N4. The van der Waals surface area contributed by atoms with Crippen molar-refractivity contribution in [3.05, 3.63) is 12.2 Å². The van der Waals surface area contributed by atoms with Gasteiger partial charge in [-0.05, 0) is 38.0 Å². The van der Waals surface area contributed by atoms with Gasteiger partial charge in [-0.2, -0.15) is 0 Å². The third kappa shape index (κ3) is 2.51. The van der Waals surface area contributed by atoms with Gasteiger partial charge in [0.05, 0.1) is 5.54 Å². The Morgan fingerprint density at radius 1 is 1.41 bits per heavy atom. The van der Waals surface area contributed by atoms with Crippen molar-refractivity contribution < 1.29 is 0 Å². The molecule has 1 saturated carbocycles. The summed E-state index contributed by atoms with van der Waals surface area (Å²) in [6.07, 6.45) is 8.75. The molecule has 0 unspecified atom stereocenters. The topological polar surface area (TPSA) is 56.7 Å². The number of aromatic nitrogens is 3. The van der Waals surface area contributed by atoms with Crippen LogP contribution in [0.25, 0.3) is 0 Å². The molecule has 4 heteroatoms. The fourth-order valence-corrected chi connectivity index (χ4v) is 2.87. The van der Waals surface area contributed by atoms with Crippen LogP contribution < -0.4 is 5.73 Å². The Morgan fingerprint density at radius 3 is 2.71 bits per heavy atom. The van der Waals surface area contributed by atoms with Crippen molar-refractivity contribution in [3.63, 3.8) is 0 Å². The predicted molar refractivity (Wildman–Crippen MR) is 68.4 cm³/mol. The van der Waals surface area contributed by atoms with Crippen molar-refractivity contribution in [2.45, 2.75) is 64.5 Å². The molecule has 2 rings (SSSR count). The second-order valence-electron chi connectivity index (χ2n) is 5.36. The van der Waals surface area contributed by atoms with Gasteiger partial charge in [0.2, 0.25) is 0 Å². The van der Waals surface area contributed by atoms with E-state index in [1.807, 2.05) is 6.33 Å². The number of hydrogen-bond donors (Lipinski definition) is 1. The first-order chi connectivity index (χ1) is 8.19. The average Bonchev–Trinajstić information content (AvgIpc) is 2.80. The highest BCUT2D eigenvalue weighted by molar-refractivity contribution is 5.07. The summed E-state index contributed by atoms with van der Waals surface area (Å²) in [7, 11) is 0. The summed E-state index contributed by atoms with van der Waals surface area (Å²) >= 11 is 0. The van der Waals surface area contributed by atoms with Crippen molar-refractivity contribution in [2.75, 3.05) is 0 Å². The van der Waals surface area contributed by atoms with Crippen LogP contribution in [-0.4, -0.2) is 14.8 Å². The van der Waals surface area contributed by atoms with Gasteiger partial charge in [-0.3, -0.25) is 0 Å². The molecule has 1 heterocycles. The minimum Gasteiger partial charge on any atom is -0.319 e. The van der Waals surface area contributed by atoms with E-state index in [1.165, 1.54) is 19.3 Å². The zero-order valence-electron chi connectivity index (χ0n) is 11.0. The summed E-state index contributed by atoms with van der Waals surface area (Å²) in [5.74, 6) is 1.85. The molecule has 4 nitrogen and oxygen atoms in total. The second-order valence-corrected chi connectivity index (χ2v) is 5.36. The van der Waals surface area contributed by atoms with E-state index in [-0.39, 0.29) is 5.54 Å². The van der Waals surface area contributed by atoms with Crippen LogP contribution in [0.4, 0.5) is 0 Å². The summed E-state index contributed by atoms with van der Waals surface area (Å²) in [4.78, 5) is 0. The van der Waals surface area contributed by atoms with Crippen LogP contribution in [0.2, 0.25) is 0 Å². The quantitative estimate of drug-likeness (QED) is 0.873. The molecule has 1 aliphatic carbocycles. The maximum Gasteiger partial charge on any atom is 0.152 e. The third-order valence-electron chi connectivity index (χ3n) is 4.10. The predicted octanol–water partition coefficient (Wildman–Crippen LogP) is 2.44. The molecular weight excluding hydrogens is 212 g/mol. The van der Waals surface area contributed by atoms with Crippen LogP contribution in [0, 0.1) is 5.92 Å². The molecule has 0 spiro atoms. The summed E-state index contributed by atoms with van der Waals surface area (Å²) in [5, 5.41) is 8.30. The highest BCUT2D eigenvalue weighted by atomic mass is 15.3. The molecule has 17 heavy (non-hydrogen) atoms. The van der Waals surface area contributed by atoms with Gasteiger partial charge in [0.25, 0.3) is 0 Å². The number of nitrogens with zero attached hydrogens (tertiary/aromatic N) is 3. The van der Waals surface area contributed by atoms with E-state index < -0.39 is 0 Å². The number of hydrogen-bond acceptors (Lipinski definition) is 3. The molecule has 1 aromatic heterocycles. The highest BCUT2D eigenvalue weighted by Crippen LogP contribution is 2.37. The molecule has 0 aliphatic heterocycles. The van der Waals surface area contributed by atoms with Gasteiger partial charge in [-0.1, -0.05) is 20.3 Å². The lowest BCUT2D eigenvalue weighted by Gasteiger charge is -2.36. The zero-order chi connectivity index (χ0) is 12.3. The Balaban J connectivity index is 2.12. The van der Waals surface area contributed by atoms with E-state index in [0.29, 0.717) is 0 Å². The van der Waals surface area contributed by atoms with Crippen molar-refractivity contribution >= 4 is 0 Å². The van der Waals surface area contributed by atoms with Gasteiger partial charge in [0.15, 0.2) is 5.82 Å². The number of nitrogens with two attached hydrogens (primary N) is 1. The summed E-state index contributed by atoms with van der Waals surface area (Å²) in [5.41, 5.74) is 6.31. The molecule has 0 saturated heterocycles. The van der Waals surface area contributed by atoms with Crippen LogP contribution in [0.5, 0.6) is 0 Å². The first-order valence-corrected chi connectivity index (χ1v) is 6.86. The SMILES string of the molecule is CCCn1cnnc1C1(N)CCC(CC)CC1. The van der Waals surface area contributed by atoms with Gasteiger partial charge in [-0.25, -0.2) is 0 Å². The largest absolute Gasteiger partial charge is 0.319 e. The molecule has 0 radical (unpaired) electrons. The monoisotopic (exact) mass is 236 g/mol.